The molecule has 1 aromatic carbocycles. The fourth-order valence-electron chi connectivity index (χ4n) is 1.46. The smallest absolute Gasteiger partial charge is 0.422 e. The van der Waals surface area contributed by atoms with Crippen LogP contribution in [0, 0.1) is 6.92 Å². The maximum atomic E-state index is 12.2. The second-order valence-electron chi connectivity index (χ2n) is 4.36. The number of halogens is 3. The van der Waals surface area contributed by atoms with Gasteiger partial charge in [-0.3, -0.25) is 0 Å². The Balaban J connectivity index is 2.70. The van der Waals surface area contributed by atoms with Crippen LogP contribution >= 0.6 is 0 Å². The van der Waals surface area contributed by atoms with Crippen LogP contribution in [0.1, 0.15) is 12.0 Å². The van der Waals surface area contributed by atoms with Gasteiger partial charge >= 0.3 is 12.2 Å². The van der Waals surface area contributed by atoms with Gasteiger partial charge in [-0.05, 0) is 31.0 Å². The lowest BCUT2D eigenvalue weighted by molar-refractivity contribution is -0.153. The van der Waals surface area contributed by atoms with E-state index in [1.807, 2.05) is 0 Å². The van der Waals surface area contributed by atoms with E-state index in [0.29, 0.717) is 12.0 Å². The minimum absolute atomic E-state index is 0.0513. The van der Waals surface area contributed by atoms with E-state index >= 15 is 0 Å². The number of ether oxygens (including phenoxy) is 1. The van der Waals surface area contributed by atoms with E-state index in [1.54, 1.807) is 13.0 Å². The number of alkyl halides is 3. The van der Waals surface area contributed by atoms with E-state index in [2.05, 4.69) is 10.6 Å². The van der Waals surface area contributed by atoms with E-state index in [9.17, 15) is 18.0 Å². The lowest BCUT2D eigenvalue weighted by Gasteiger charge is -2.15. The summed E-state index contributed by atoms with van der Waals surface area (Å²) < 4.78 is 41.3. The van der Waals surface area contributed by atoms with Gasteiger partial charge < -0.3 is 20.5 Å². The minimum atomic E-state index is -4.45. The number of rotatable bonds is 6. The van der Waals surface area contributed by atoms with Crippen molar-refractivity contribution < 1.29 is 27.8 Å². The molecule has 3 N–H and O–H groups in total. The standard InChI is InChI=1S/C13H17F3N2O3/c1-9-3-4-10(18-12(20)17-5-2-6-19)11(7-9)21-8-13(14,15)16/h3-4,7,19H,2,5-6,8H2,1H3,(H2,17,18,20). The summed E-state index contributed by atoms with van der Waals surface area (Å²) in [5, 5.41) is 13.5. The molecule has 1 rings (SSSR count). The lowest BCUT2D eigenvalue weighted by atomic mass is 10.2. The number of carbonyl (C=O) groups excluding carboxylic acids is 1. The minimum Gasteiger partial charge on any atom is -0.482 e. The largest absolute Gasteiger partial charge is 0.482 e. The first-order valence-electron chi connectivity index (χ1n) is 6.28. The number of hydrogen-bond acceptors (Lipinski definition) is 3. The molecule has 8 heteroatoms. The molecule has 0 bridgehead atoms. The third-order valence-corrected chi connectivity index (χ3v) is 2.40. The van der Waals surface area contributed by atoms with E-state index in [0.717, 1.165) is 0 Å². The molecule has 0 atom stereocenters. The maximum Gasteiger partial charge on any atom is 0.422 e. The molecule has 0 fully saturated rings. The summed E-state index contributed by atoms with van der Waals surface area (Å²) in [5.74, 6) is -0.0513. The number of amides is 2. The van der Waals surface area contributed by atoms with Gasteiger partial charge in [0, 0.05) is 13.2 Å². The van der Waals surface area contributed by atoms with Crippen molar-refractivity contribution in [2.24, 2.45) is 0 Å². The summed E-state index contributed by atoms with van der Waals surface area (Å²) in [6.07, 6.45) is -4.07. The van der Waals surface area contributed by atoms with Gasteiger partial charge in [-0.2, -0.15) is 13.2 Å². The summed E-state index contributed by atoms with van der Waals surface area (Å²) in [7, 11) is 0. The molecule has 0 aliphatic rings. The Morgan fingerprint density at radius 1 is 1.38 bits per heavy atom. The first kappa shape index (κ1) is 17.1. The van der Waals surface area contributed by atoms with E-state index in [-0.39, 0.29) is 24.6 Å². The highest BCUT2D eigenvalue weighted by Crippen LogP contribution is 2.27. The first-order chi connectivity index (χ1) is 9.81. The van der Waals surface area contributed by atoms with Crippen molar-refractivity contribution in [2.45, 2.75) is 19.5 Å². The Morgan fingerprint density at radius 2 is 2.10 bits per heavy atom. The summed E-state index contributed by atoms with van der Waals surface area (Å²) in [4.78, 5) is 11.5. The average molecular weight is 306 g/mol. The first-order valence-corrected chi connectivity index (χ1v) is 6.28. The van der Waals surface area contributed by atoms with Crippen LogP contribution < -0.4 is 15.4 Å². The predicted molar refractivity (Wildman–Crippen MR) is 71.5 cm³/mol. The molecule has 0 aliphatic carbocycles. The molecule has 0 unspecified atom stereocenters. The number of hydrogen-bond donors (Lipinski definition) is 3. The van der Waals surface area contributed by atoms with Gasteiger partial charge in [0.1, 0.15) is 5.75 Å². The van der Waals surface area contributed by atoms with Crippen LogP contribution in [0.2, 0.25) is 0 Å². The average Bonchev–Trinajstić information content (AvgIpc) is 2.38. The van der Waals surface area contributed by atoms with Crippen LogP contribution in [0.25, 0.3) is 0 Å². The number of carbonyl (C=O) groups is 1. The second kappa shape index (κ2) is 7.72. The number of urea groups is 1. The van der Waals surface area contributed by atoms with Crippen molar-refractivity contribution in [3.8, 4) is 5.75 Å². The highest BCUT2D eigenvalue weighted by molar-refractivity contribution is 5.90. The summed E-state index contributed by atoms with van der Waals surface area (Å²) in [5.41, 5.74) is 0.852. The van der Waals surface area contributed by atoms with Crippen LogP contribution in [0.5, 0.6) is 5.75 Å². The maximum absolute atomic E-state index is 12.2. The van der Waals surface area contributed by atoms with Crippen LogP contribution in [0.15, 0.2) is 18.2 Å². The molecule has 0 heterocycles. The van der Waals surface area contributed by atoms with E-state index in [4.69, 9.17) is 9.84 Å². The normalized spacial score (nSPS) is 11.1. The zero-order chi connectivity index (χ0) is 15.9. The Morgan fingerprint density at radius 3 is 2.71 bits per heavy atom. The van der Waals surface area contributed by atoms with Crippen molar-refractivity contribution >= 4 is 11.7 Å². The van der Waals surface area contributed by atoms with Gasteiger partial charge in [-0.25, -0.2) is 4.79 Å². The summed E-state index contributed by atoms with van der Waals surface area (Å²) in [6.45, 7) is 0.459. The van der Waals surface area contributed by atoms with Crippen molar-refractivity contribution in [2.75, 3.05) is 25.1 Å². The Labute approximate surface area is 120 Å². The van der Waals surface area contributed by atoms with Gasteiger partial charge in [-0.15, -0.1) is 0 Å². The molecular weight excluding hydrogens is 289 g/mol. The van der Waals surface area contributed by atoms with Crippen molar-refractivity contribution in [3.05, 3.63) is 23.8 Å². The van der Waals surface area contributed by atoms with Crippen molar-refractivity contribution in [1.82, 2.24) is 5.32 Å². The number of benzene rings is 1. The molecule has 118 valence electrons. The van der Waals surface area contributed by atoms with Crippen LogP contribution in [0.3, 0.4) is 0 Å². The van der Waals surface area contributed by atoms with Crippen LogP contribution in [-0.4, -0.2) is 37.1 Å². The highest BCUT2D eigenvalue weighted by Gasteiger charge is 2.29. The molecule has 0 aromatic heterocycles. The van der Waals surface area contributed by atoms with Gasteiger partial charge in [0.25, 0.3) is 0 Å². The molecule has 5 nitrogen and oxygen atoms in total. The van der Waals surface area contributed by atoms with Gasteiger partial charge in [0.2, 0.25) is 0 Å². The van der Waals surface area contributed by atoms with Crippen LogP contribution in [-0.2, 0) is 0 Å². The number of nitrogens with one attached hydrogen (secondary N) is 2. The van der Waals surface area contributed by atoms with Gasteiger partial charge in [0.05, 0.1) is 5.69 Å². The fourth-order valence-corrected chi connectivity index (χ4v) is 1.46. The highest BCUT2D eigenvalue weighted by atomic mass is 19.4. The number of aliphatic hydroxyl groups is 1. The van der Waals surface area contributed by atoms with Gasteiger partial charge in [-0.1, -0.05) is 6.07 Å². The zero-order valence-electron chi connectivity index (χ0n) is 11.5. The molecule has 2 amide bonds. The molecule has 0 radical (unpaired) electrons. The Kier molecular flexibility index (Phi) is 6.29. The molecule has 0 aliphatic heterocycles. The molecule has 0 saturated carbocycles. The molecular formula is C13H17F3N2O3. The SMILES string of the molecule is Cc1ccc(NC(=O)NCCCO)c(OCC(F)(F)F)c1. The predicted octanol–water partition coefficient (Wildman–Crippen LogP) is 2.44. The number of aryl methyl sites for hydroxylation is 1. The van der Waals surface area contributed by atoms with E-state index in [1.165, 1.54) is 12.1 Å². The number of aliphatic hydroxyl groups excluding tert-OH is 1. The van der Waals surface area contributed by atoms with Crippen molar-refractivity contribution in [1.29, 1.82) is 0 Å². The van der Waals surface area contributed by atoms with E-state index < -0.39 is 18.8 Å². The zero-order valence-corrected chi connectivity index (χ0v) is 11.5. The molecule has 0 spiro atoms. The number of anilines is 1. The van der Waals surface area contributed by atoms with Crippen molar-refractivity contribution in [3.63, 3.8) is 0 Å². The molecule has 1 aromatic rings. The van der Waals surface area contributed by atoms with Gasteiger partial charge in [0.15, 0.2) is 6.61 Å². The Hall–Kier alpha value is -1.96. The summed E-state index contributed by atoms with van der Waals surface area (Å²) in [6, 6.07) is 3.94. The Bertz CT molecular complexity index is 478. The topological polar surface area (TPSA) is 70.6 Å². The lowest BCUT2D eigenvalue weighted by Crippen LogP contribution is -2.30. The third-order valence-electron chi connectivity index (χ3n) is 2.40. The quantitative estimate of drug-likeness (QED) is 0.707. The molecule has 0 saturated heterocycles. The van der Waals surface area contributed by atoms with Crippen LogP contribution in [0.4, 0.5) is 23.7 Å². The fraction of sp³-hybridized carbons (Fsp3) is 0.462. The third kappa shape index (κ3) is 6.84. The monoisotopic (exact) mass is 306 g/mol. The molecule has 21 heavy (non-hydrogen) atoms. The second-order valence-corrected chi connectivity index (χ2v) is 4.36. The summed E-state index contributed by atoms with van der Waals surface area (Å²) >= 11 is 0.